The minimum atomic E-state index is -1.29. The van der Waals surface area contributed by atoms with Crippen LogP contribution in [-0.4, -0.2) is 18.3 Å². The first-order valence-corrected chi connectivity index (χ1v) is 5.52. The maximum Gasteiger partial charge on any atom is 0.146 e. The van der Waals surface area contributed by atoms with Gasteiger partial charge in [-0.15, -0.1) is 0 Å². The van der Waals surface area contributed by atoms with Gasteiger partial charge >= 0.3 is 0 Å². The number of alkyl halides is 1. The van der Waals surface area contributed by atoms with Gasteiger partial charge in [-0.1, -0.05) is 12.1 Å². The molecule has 3 N–H and O–H groups in total. The number of nitrogens with one attached hydrogen (secondary N) is 1. The van der Waals surface area contributed by atoms with Gasteiger partial charge in [-0.25, -0.2) is 8.78 Å². The van der Waals surface area contributed by atoms with E-state index in [1.807, 2.05) is 0 Å². The summed E-state index contributed by atoms with van der Waals surface area (Å²) in [5, 5.41) is 2.81. The van der Waals surface area contributed by atoms with Crippen LogP contribution >= 0.6 is 0 Å². The molecule has 2 nitrogen and oxygen atoms in total. The van der Waals surface area contributed by atoms with E-state index in [1.165, 1.54) is 6.07 Å². The molecule has 0 amide bonds. The summed E-state index contributed by atoms with van der Waals surface area (Å²) in [7, 11) is 0. The van der Waals surface area contributed by atoms with Crippen LogP contribution < -0.4 is 11.1 Å². The van der Waals surface area contributed by atoms with Gasteiger partial charge in [-0.3, -0.25) is 0 Å². The zero-order valence-electron chi connectivity index (χ0n) is 9.05. The summed E-state index contributed by atoms with van der Waals surface area (Å²) in [4.78, 5) is 0. The molecule has 2 atom stereocenters. The van der Waals surface area contributed by atoms with E-state index in [4.69, 9.17) is 5.73 Å². The van der Waals surface area contributed by atoms with E-state index < -0.39 is 5.67 Å². The molecule has 0 saturated heterocycles. The monoisotopic (exact) mass is 226 g/mol. The fraction of sp³-hybridized carbons (Fsp3) is 0.500. The Morgan fingerprint density at radius 2 is 2.19 bits per heavy atom. The Morgan fingerprint density at radius 3 is 2.81 bits per heavy atom. The second-order valence-corrected chi connectivity index (χ2v) is 4.49. The largest absolute Gasteiger partial charge is 0.379 e. The van der Waals surface area contributed by atoms with E-state index in [-0.39, 0.29) is 18.4 Å². The Morgan fingerprint density at radius 1 is 1.44 bits per heavy atom. The third-order valence-corrected chi connectivity index (χ3v) is 3.06. The lowest BCUT2D eigenvalue weighted by Gasteiger charge is -2.20. The van der Waals surface area contributed by atoms with Crippen molar-refractivity contribution in [1.29, 1.82) is 0 Å². The molecule has 0 spiro atoms. The van der Waals surface area contributed by atoms with Gasteiger partial charge in [0.1, 0.15) is 11.5 Å². The molecule has 1 aromatic rings. The van der Waals surface area contributed by atoms with Crippen LogP contribution in [0, 0.1) is 5.82 Å². The van der Waals surface area contributed by atoms with Crippen molar-refractivity contribution < 1.29 is 8.78 Å². The molecule has 1 fully saturated rings. The SMILES string of the molecule is NC1CCC(F)(CNc2ccccc2F)C1. The third kappa shape index (κ3) is 2.50. The van der Waals surface area contributed by atoms with Gasteiger partial charge < -0.3 is 11.1 Å². The topological polar surface area (TPSA) is 38.0 Å². The fourth-order valence-corrected chi connectivity index (χ4v) is 2.14. The molecule has 0 heterocycles. The van der Waals surface area contributed by atoms with Crippen LogP contribution in [0.5, 0.6) is 0 Å². The summed E-state index contributed by atoms with van der Waals surface area (Å²) in [6, 6.07) is 6.22. The highest BCUT2D eigenvalue weighted by Crippen LogP contribution is 2.33. The quantitative estimate of drug-likeness (QED) is 0.830. The molecule has 0 radical (unpaired) electrons. The lowest BCUT2D eigenvalue weighted by atomic mass is 10.0. The number of benzene rings is 1. The Bertz CT molecular complexity index is 370. The molecule has 1 aliphatic carbocycles. The Hall–Kier alpha value is -1.16. The van der Waals surface area contributed by atoms with Crippen LogP contribution in [0.15, 0.2) is 24.3 Å². The molecular weight excluding hydrogens is 210 g/mol. The lowest BCUT2D eigenvalue weighted by molar-refractivity contribution is 0.187. The van der Waals surface area contributed by atoms with E-state index in [2.05, 4.69) is 5.32 Å². The highest BCUT2D eigenvalue weighted by molar-refractivity contribution is 5.44. The molecule has 2 unspecified atom stereocenters. The molecular formula is C12H16F2N2. The average Bonchev–Trinajstić information content (AvgIpc) is 2.58. The molecule has 2 rings (SSSR count). The smallest absolute Gasteiger partial charge is 0.146 e. The van der Waals surface area contributed by atoms with Crippen molar-refractivity contribution in [3.05, 3.63) is 30.1 Å². The Kier molecular flexibility index (Phi) is 3.10. The van der Waals surface area contributed by atoms with Crippen molar-refractivity contribution in [2.45, 2.75) is 31.0 Å². The molecule has 4 heteroatoms. The molecule has 16 heavy (non-hydrogen) atoms. The van der Waals surface area contributed by atoms with E-state index in [0.717, 1.165) is 0 Å². The first-order chi connectivity index (χ1) is 7.59. The zero-order chi connectivity index (χ0) is 11.6. The first kappa shape index (κ1) is 11.3. The van der Waals surface area contributed by atoms with Gasteiger partial charge in [0, 0.05) is 12.6 Å². The summed E-state index contributed by atoms with van der Waals surface area (Å²) >= 11 is 0. The van der Waals surface area contributed by atoms with Crippen LogP contribution in [0.2, 0.25) is 0 Å². The third-order valence-electron chi connectivity index (χ3n) is 3.06. The van der Waals surface area contributed by atoms with Crippen LogP contribution in [-0.2, 0) is 0 Å². The predicted molar refractivity (Wildman–Crippen MR) is 60.6 cm³/mol. The molecule has 0 aromatic heterocycles. The summed E-state index contributed by atoms with van der Waals surface area (Å²) < 4.78 is 27.4. The van der Waals surface area contributed by atoms with Crippen LogP contribution in [0.3, 0.4) is 0 Å². The number of anilines is 1. The molecule has 88 valence electrons. The van der Waals surface area contributed by atoms with Gasteiger partial charge in [0.15, 0.2) is 0 Å². The van der Waals surface area contributed by atoms with Gasteiger partial charge in [-0.05, 0) is 31.4 Å². The minimum Gasteiger partial charge on any atom is -0.379 e. The van der Waals surface area contributed by atoms with Crippen molar-refractivity contribution in [2.75, 3.05) is 11.9 Å². The van der Waals surface area contributed by atoms with Crippen LogP contribution in [0.25, 0.3) is 0 Å². The summed E-state index contributed by atoms with van der Waals surface area (Å²) in [5.74, 6) is -0.353. The number of rotatable bonds is 3. The standard InChI is InChI=1S/C12H16F2N2/c13-10-3-1-2-4-11(10)16-8-12(14)6-5-9(15)7-12/h1-4,9,16H,5-8,15H2. The second-order valence-electron chi connectivity index (χ2n) is 4.49. The van der Waals surface area contributed by atoms with Crippen LogP contribution in [0.4, 0.5) is 14.5 Å². The van der Waals surface area contributed by atoms with Crippen molar-refractivity contribution >= 4 is 5.69 Å². The normalized spacial score (nSPS) is 29.3. The number of halogens is 2. The van der Waals surface area contributed by atoms with Crippen molar-refractivity contribution in [1.82, 2.24) is 0 Å². The van der Waals surface area contributed by atoms with Gasteiger partial charge in [0.2, 0.25) is 0 Å². The molecule has 1 saturated carbocycles. The molecule has 0 bridgehead atoms. The van der Waals surface area contributed by atoms with E-state index in [0.29, 0.717) is 24.9 Å². The first-order valence-electron chi connectivity index (χ1n) is 5.52. The number of nitrogens with two attached hydrogens (primary N) is 1. The molecule has 0 aliphatic heterocycles. The van der Waals surface area contributed by atoms with E-state index in [9.17, 15) is 8.78 Å². The second kappa shape index (κ2) is 4.37. The highest BCUT2D eigenvalue weighted by atomic mass is 19.1. The Labute approximate surface area is 93.8 Å². The Balaban J connectivity index is 1.95. The maximum absolute atomic E-state index is 14.1. The summed E-state index contributed by atoms with van der Waals surface area (Å²) in [5.41, 5.74) is 4.72. The lowest BCUT2D eigenvalue weighted by Crippen LogP contribution is -2.31. The van der Waals surface area contributed by atoms with Gasteiger partial charge in [0.25, 0.3) is 0 Å². The minimum absolute atomic E-state index is 0.0626. The van der Waals surface area contributed by atoms with Crippen LogP contribution in [0.1, 0.15) is 19.3 Å². The van der Waals surface area contributed by atoms with E-state index >= 15 is 0 Å². The van der Waals surface area contributed by atoms with Crippen molar-refractivity contribution in [3.8, 4) is 0 Å². The average molecular weight is 226 g/mol. The number of hydrogen-bond acceptors (Lipinski definition) is 2. The summed E-state index contributed by atoms with van der Waals surface area (Å²) in [6.45, 7) is 0.127. The highest BCUT2D eigenvalue weighted by Gasteiger charge is 2.37. The number of hydrogen-bond donors (Lipinski definition) is 2. The fourth-order valence-electron chi connectivity index (χ4n) is 2.14. The zero-order valence-corrected chi connectivity index (χ0v) is 9.05. The van der Waals surface area contributed by atoms with Crippen molar-refractivity contribution in [2.24, 2.45) is 5.73 Å². The molecule has 1 aromatic carbocycles. The number of para-hydroxylation sites is 1. The predicted octanol–water partition coefficient (Wildman–Crippen LogP) is 2.46. The maximum atomic E-state index is 14.1. The van der Waals surface area contributed by atoms with Crippen molar-refractivity contribution in [3.63, 3.8) is 0 Å². The summed E-state index contributed by atoms with van der Waals surface area (Å²) in [6.07, 6.45) is 1.51. The molecule has 1 aliphatic rings. The van der Waals surface area contributed by atoms with E-state index in [1.54, 1.807) is 18.2 Å². The van der Waals surface area contributed by atoms with Gasteiger partial charge in [-0.2, -0.15) is 0 Å². The van der Waals surface area contributed by atoms with Gasteiger partial charge in [0.05, 0.1) is 5.69 Å².